The number of halogens is 2. The number of hydrogen-bond donors (Lipinski definition) is 1. The molecule has 0 aliphatic heterocycles. The zero-order chi connectivity index (χ0) is 8.27. The molecule has 1 N–H and O–H groups in total. The smallest absolute Gasteiger partial charge is 0.314 e. The van der Waals surface area contributed by atoms with Crippen molar-refractivity contribution in [1.82, 2.24) is 0 Å². The van der Waals surface area contributed by atoms with Crippen LogP contribution in [0.3, 0.4) is 0 Å². The third kappa shape index (κ3) is 2.10. The molecule has 1 amide bonds. The normalized spacial score (nSPS) is 9.27. The number of carbonyl (C=O) groups excluding carboxylic acids is 1. The largest absolute Gasteiger partial charge is 0.316 e. The van der Waals surface area contributed by atoms with E-state index >= 15 is 0 Å². The molecule has 1 aromatic rings. The highest BCUT2D eigenvalue weighted by molar-refractivity contribution is 6.36. The molecule has 11 heavy (non-hydrogen) atoms. The lowest BCUT2D eigenvalue weighted by atomic mass is 10.3. The molecular weight excluding hydrogens is 185 g/mol. The SMILES string of the molecule is O=[C]Nc1ccc(Cl)cc1Cl. The van der Waals surface area contributed by atoms with Gasteiger partial charge in [0, 0.05) is 5.02 Å². The monoisotopic (exact) mass is 188 g/mol. The van der Waals surface area contributed by atoms with Crippen molar-refractivity contribution in [2.75, 3.05) is 5.32 Å². The molecule has 0 heterocycles. The van der Waals surface area contributed by atoms with E-state index in [9.17, 15) is 4.79 Å². The summed E-state index contributed by atoms with van der Waals surface area (Å²) >= 11 is 11.3. The van der Waals surface area contributed by atoms with Gasteiger partial charge in [-0.15, -0.1) is 0 Å². The van der Waals surface area contributed by atoms with Crippen molar-refractivity contribution in [2.45, 2.75) is 0 Å². The van der Waals surface area contributed by atoms with Crippen molar-refractivity contribution in [3.05, 3.63) is 28.2 Å². The number of rotatable bonds is 2. The molecule has 0 saturated carbocycles. The van der Waals surface area contributed by atoms with Gasteiger partial charge in [-0.05, 0) is 18.2 Å². The Morgan fingerprint density at radius 1 is 1.36 bits per heavy atom. The summed E-state index contributed by atoms with van der Waals surface area (Å²) in [6.07, 6.45) is 1.52. The summed E-state index contributed by atoms with van der Waals surface area (Å²) in [5.41, 5.74) is 0.506. The summed E-state index contributed by atoms with van der Waals surface area (Å²) in [5, 5.41) is 3.24. The lowest BCUT2D eigenvalue weighted by Gasteiger charge is -1.99. The quantitative estimate of drug-likeness (QED) is 0.711. The van der Waals surface area contributed by atoms with E-state index in [1.54, 1.807) is 18.2 Å². The first kappa shape index (κ1) is 8.37. The van der Waals surface area contributed by atoms with Gasteiger partial charge in [-0.2, -0.15) is 0 Å². The predicted molar refractivity (Wildman–Crippen MR) is 45.8 cm³/mol. The number of amides is 1. The van der Waals surface area contributed by atoms with Crippen molar-refractivity contribution in [2.24, 2.45) is 0 Å². The van der Waals surface area contributed by atoms with Crippen molar-refractivity contribution in [1.29, 1.82) is 0 Å². The Morgan fingerprint density at radius 3 is 2.64 bits per heavy atom. The second-order valence-corrected chi connectivity index (χ2v) is 2.69. The van der Waals surface area contributed by atoms with Crippen molar-refractivity contribution < 1.29 is 4.79 Å². The van der Waals surface area contributed by atoms with Crippen LogP contribution >= 0.6 is 23.2 Å². The molecule has 0 fully saturated rings. The van der Waals surface area contributed by atoms with Crippen LogP contribution in [-0.2, 0) is 4.79 Å². The van der Waals surface area contributed by atoms with E-state index in [0.29, 0.717) is 15.7 Å². The Hall–Kier alpha value is -0.730. The highest BCUT2D eigenvalue weighted by atomic mass is 35.5. The highest BCUT2D eigenvalue weighted by Gasteiger charge is 1.98. The van der Waals surface area contributed by atoms with Crippen LogP contribution < -0.4 is 5.32 Å². The molecule has 0 aromatic heterocycles. The van der Waals surface area contributed by atoms with E-state index in [1.807, 2.05) is 0 Å². The van der Waals surface area contributed by atoms with E-state index in [-0.39, 0.29) is 0 Å². The van der Waals surface area contributed by atoms with Crippen LogP contribution in [0.1, 0.15) is 0 Å². The van der Waals surface area contributed by atoms with Crippen LogP contribution in [0.25, 0.3) is 0 Å². The van der Waals surface area contributed by atoms with Crippen LogP contribution in [-0.4, -0.2) is 6.41 Å². The van der Waals surface area contributed by atoms with Crippen LogP contribution in [0, 0.1) is 0 Å². The number of nitrogens with one attached hydrogen (secondary N) is 1. The summed E-state index contributed by atoms with van der Waals surface area (Å²) in [5.74, 6) is 0. The van der Waals surface area contributed by atoms with E-state index in [2.05, 4.69) is 5.32 Å². The summed E-state index contributed by atoms with van der Waals surface area (Å²) < 4.78 is 0. The fourth-order valence-electron chi connectivity index (χ4n) is 0.646. The van der Waals surface area contributed by atoms with Crippen LogP contribution in [0.5, 0.6) is 0 Å². The Kier molecular flexibility index (Phi) is 2.74. The van der Waals surface area contributed by atoms with Gasteiger partial charge in [0.15, 0.2) is 0 Å². The zero-order valence-electron chi connectivity index (χ0n) is 5.40. The molecule has 0 bridgehead atoms. The summed E-state index contributed by atoms with van der Waals surface area (Å²) in [7, 11) is 0. The van der Waals surface area contributed by atoms with Crippen LogP contribution in [0.2, 0.25) is 10.0 Å². The highest BCUT2D eigenvalue weighted by Crippen LogP contribution is 2.24. The molecule has 0 spiro atoms. The minimum Gasteiger partial charge on any atom is -0.316 e. The fraction of sp³-hybridized carbons (Fsp3) is 0. The van der Waals surface area contributed by atoms with Gasteiger partial charge in [-0.1, -0.05) is 23.2 Å². The molecule has 1 aromatic carbocycles. The first-order valence-corrected chi connectivity index (χ1v) is 3.58. The van der Waals surface area contributed by atoms with Gasteiger partial charge in [0.25, 0.3) is 0 Å². The Bertz CT molecular complexity index is 275. The fourth-order valence-corrected chi connectivity index (χ4v) is 1.10. The maximum absolute atomic E-state index is 9.88. The van der Waals surface area contributed by atoms with Gasteiger partial charge in [0.1, 0.15) is 0 Å². The molecule has 0 atom stereocenters. The molecule has 0 saturated heterocycles. The zero-order valence-corrected chi connectivity index (χ0v) is 6.91. The van der Waals surface area contributed by atoms with Gasteiger partial charge in [-0.25, -0.2) is 0 Å². The average molecular weight is 189 g/mol. The van der Waals surface area contributed by atoms with Gasteiger partial charge >= 0.3 is 6.41 Å². The molecule has 4 heteroatoms. The van der Waals surface area contributed by atoms with E-state index in [1.165, 1.54) is 6.41 Å². The average Bonchev–Trinajstić information content (AvgIpc) is 1.95. The number of benzene rings is 1. The standard InChI is InChI=1S/C7H4Cl2NO/c8-5-1-2-7(10-4-11)6(9)3-5/h1-3H,(H,10,11). The Balaban J connectivity index is 2.98. The van der Waals surface area contributed by atoms with E-state index in [0.717, 1.165) is 0 Å². The summed E-state index contributed by atoms with van der Waals surface area (Å²) in [4.78, 5) is 9.88. The predicted octanol–water partition coefficient (Wildman–Crippen LogP) is 2.47. The summed E-state index contributed by atoms with van der Waals surface area (Å²) in [6.45, 7) is 0. The van der Waals surface area contributed by atoms with Crippen molar-refractivity contribution in [3.63, 3.8) is 0 Å². The van der Waals surface area contributed by atoms with Gasteiger partial charge in [-0.3, -0.25) is 4.79 Å². The van der Waals surface area contributed by atoms with Crippen molar-refractivity contribution in [3.8, 4) is 0 Å². The van der Waals surface area contributed by atoms with Crippen LogP contribution in [0.4, 0.5) is 5.69 Å². The maximum atomic E-state index is 9.88. The molecule has 2 nitrogen and oxygen atoms in total. The maximum Gasteiger partial charge on any atom is 0.314 e. The van der Waals surface area contributed by atoms with Crippen molar-refractivity contribution >= 4 is 35.3 Å². The lowest BCUT2D eigenvalue weighted by molar-refractivity contribution is 0.561. The molecule has 1 radical (unpaired) electrons. The molecular formula is C7H4Cl2NO. The number of anilines is 1. The Labute approximate surface area is 74.1 Å². The second-order valence-electron chi connectivity index (χ2n) is 1.85. The molecule has 57 valence electrons. The van der Waals surface area contributed by atoms with Crippen LogP contribution in [0.15, 0.2) is 18.2 Å². The molecule has 0 aliphatic carbocycles. The minimum absolute atomic E-state index is 0.404. The van der Waals surface area contributed by atoms with Gasteiger partial charge < -0.3 is 5.32 Å². The molecule has 1 rings (SSSR count). The van der Waals surface area contributed by atoms with Gasteiger partial charge in [0.2, 0.25) is 0 Å². The van der Waals surface area contributed by atoms with Gasteiger partial charge in [0.05, 0.1) is 10.7 Å². The van der Waals surface area contributed by atoms with E-state index < -0.39 is 0 Å². The third-order valence-corrected chi connectivity index (χ3v) is 1.66. The Morgan fingerprint density at radius 2 is 2.09 bits per heavy atom. The molecule has 0 aliphatic rings. The first-order valence-electron chi connectivity index (χ1n) is 2.82. The minimum atomic E-state index is 0.404. The topological polar surface area (TPSA) is 29.1 Å². The number of hydrogen-bond acceptors (Lipinski definition) is 1. The third-order valence-electron chi connectivity index (χ3n) is 1.12. The van der Waals surface area contributed by atoms with E-state index in [4.69, 9.17) is 23.2 Å². The summed E-state index contributed by atoms with van der Waals surface area (Å²) in [6, 6.07) is 4.78. The molecule has 0 unspecified atom stereocenters. The lowest BCUT2D eigenvalue weighted by Crippen LogP contribution is -1.93. The second kappa shape index (κ2) is 3.60. The first-order chi connectivity index (χ1) is 5.24.